The summed E-state index contributed by atoms with van der Waals surface area (Å²) in [6, 6.07) is 9.19. The van der Waals surface area contributed by atoms with Gasteiger partial charge in [0.15, 0.2) is 5.69 Å². The van der Waals surface area contributed by atoms with E-state index in [0.29, 0.717) is 40.2 Å². The van der Waals surface area contributed by atoms with Crippen LogP contribution in [0.4, 0.5) is 5.69 Å². The number of furan rings is 1. The van der Waals surface area contributed by atoms with Crippen LogP contribution in [0.15, 0.2) is 45.9 Å². The van der Waals surface area contributed by atoms with Gasteiger partial charge in [-0.3, -0.25) is 9.48 Å². The summed E-state index contributed by atoms with van der Waals surface area (Å²) in [5.41, 5.74) is 1.83. The first-order chi connectivity index (χ1) is 14.0. The van der Waals surface area contributed by atoms with Crippen LogP contribution >= 0.6 is 11.6 Å². The number of hydrogen-bond acceptors (Lipinski definition) is 5. The fraction of sp³-hybridized carbons (Fsp3) is 0.286. The van der Waals surface area contributed by atoms with Gasteiger partial charge in [0.05, 0.1) is 17.4 Å². The van der Waals surface area contributed by atoms with Crippen molar-refractivity contribution >= 4 is 29.4 Å². The van der Waals surface area contributed by atoms with Crippen LogP contribution in [0.25, 0.3) is 0 Å². The van der Waals surface area contributed by atoms with Crippen molar-refractivity contribution in [2.24, 2.45) is 12.0 Å². The molecule has 0 aliphatic carbocycles. The summed E-state index contributed by atoms with van der Waals surface area (Å²) in [4.78, 5) is 16.7. The average molecular weight is 415 g/mol. The molecule has 2 heterocycles. The molecule has 3 aromatic rings. The van der Waals surface area contributed by atoms with Crippen molar-refractivity contribution < 1.29 is 13.9 Å². The molecule has 3 rings (SSSR count). The third-order valence-corrected chi connectivity index (χ3v) is 4.50. The summed E-state index contributed by atoms with van der Waals surface area (Å²) in [6.45, 7) is 4.77. The minimum absolute atomic E-state index is 0.206. The predicted molar refractivity (Wildman–Crippen MR) is 112 cm³/mol. The van der Waals surface area contributed by atoms with Gasteiger partial charge in [0.2, 0.25) is 0 Å². The van der Waals surface area contributed by atoms with Crippen molar-refractivity contribution in [2.75, 3.05) is 6.54 Å². The van der Waals surface area contributed by atoms with E-state index in [1.807, 2.05) is 32.0 Å². The van der Waals surface area contributed by atoms with E-state index in [1.54, 1.807) is 31.6 Å². The van der Waals surface area contributed by atoms with Gasteiger partial charge in [0.1, 0.15) is 29.6 Å². The van der Waals surface area contributed by atoms with Gasteiger partial charge in [-0.2, -0.15) is 5.10 Å². The molecule has 2 aromatic heterocycles. The van der Waals surface area contributed by atoms with E-state index in [2.05, 4.69) is 15.4 Å². The Labute approximate surface area is 174 Å². The van der Waals surface area contributed by atoms with E-state index in [9.17, 15) is 4.79 Å². The van der Waals surface area contributed by atoms with Gasteiger partial charge in [-0.05, 0) is 37.1 Å². The van der Waals surface area contributed by atoms with Crippen LogP contribution in [-0.2, 0) is 13.7 Å². The van der Waals surface area contributed by atoms with Crippen molar-refractivity contribution in [3.05, 3.63) is 64.3 Å². The van der Waals surface area contributed by atoms with E-state index < -0.39 is 0 Å². The molecule has 7 nitrogen and oxygen atoms in total. The number of nitrogens with one attached hydrogen (secondary N) is 1. The van der Waals surface area contributed by atoms with Gasteiger partial charge in [0, 0.05) is 13.6 Å². The van der Waals surface area contributed by atoms with Crippen LogP contribution in [0.3, 0.4) is 0 Å². The fourth-order valence-electron chi connectivity index (χ4n) is 2.72. The van der Waals surface area contributed by atoms with Crippen molar-refractivity contribution in [3.63, 3.8) is 0 Å². The van der Waals surface area contributed by atoms with Gasteiger partial charge in [-0.25, -0.2) is 4.99 Å². The molecule has 0 atom stereocenters. The highest BCUT2D eigenvalue weighted by molar-refractivity contribution is 6.32. The zero-order chi connectivity index (χ0) is 20.8. The fourth-order valence-corrected chi connectivity index (χ4v) is 3.00. The Bertz CT molecular complexity index is 1000. The van der Waals surface area contributed by atoms with Gasteiger partial charge >= 0.3 is 0 Å². The van der Waals surface area contributed by atoms with Crippen molar-refractivity contribution in [1.29, 1.82) is 0 Å². The Morgan fingerprint density at radius 3 is 2.97 bits per heavy atom. The first kappa shape index (κ1) is 20.7. The standard InChI is InChI=1S/C21H23ClN4O3/c1-4-10-23-21(27)19-18(12-25-26(19)3)24-11-15-8-9-16(29-15)13-28-20-14(2)6-5-7-17(20)22/h5-9,11-12H,4,10,13H2,1-3H3,(H,23,27). The molecule has 0 bridgehead atoms. The van der Waals surface area contributed by atoms with Crippen LogP contribution in [0.2, 0.25) is 5.02 Å². The van der Waals surface area contributed by atoms with E-state index in [1.165, 1.54) is 4.68 Å². The highest BCUT2D eigenvalue weighted by Gasteiger charge is 2.16. The zero-order valence-corrected chi connectivity index (χ0v) is 17.4. The Kier molecular flexibility index (Phi) is 6.72. The summed E-state index contributed by atoms with van der Waals surface area (Å²) in [7, 11) is 1.71. The summed E-state index contributed by atoms with van der Waals surface area (Å²) >= 11 is 6.18. The molecule has 0 aliphatic heterocycles. The molecule has 0 fully saturated rings. The number of rotatable bonds is 8. The second kappa shape index (κ2) is 9.43. The highest BCUT2D eigenvalue weighted by Crippen LogP contribution is 2.28. The number of halogens is 1. The zero-order valence-electron chi connectivity index (χ0n) is 16.6. The van der Waals surface area contributed by atoms with Crippen molar-refractivity contribution in [1.82, 2.24) is 15.1 Å². The number of carbonyl (C=O) groups excluding carboxylic acids is 1. The maximum atomic E-state index is 12.3. The van der Waals surface area contributed by atoms with Crippen molar-refractivity contribution in [2.45, 2.75) is 26.9 Å². The summed E-state index contributed by atoms with van der Waals surface area (Å²) in [6.07, 6.45) is 3.95. The summed E-state index contributed by atoms with van der Waals surface area (Å²) < 4.78 is 13.0. The molecular formula is C21H23ClN4O3. The maximum Gasteiger partial charge on any atom is 0.271 e. The smallest absolute Gasteiger partial charge is 0.271 e. The first-order valence-electron chi connectivity index (χ1n) is 9.30. The van der Waals surface area contributed by atoms with E-state index in [4.69, 9.17) is 20.8 Å². The third-order valence-electron chi connectivity index (χ3n) is 4.21. The molecule has 152 valence electrons. The molecule has 1 N–H and O–H groups in total. The van der Waals surface area contributed by atoms with Crippen LogP contribution in [-0.4, -0.2) is 28.4 Å². The average Bonchev–Trinajstić information content (AvgIpc) is 3.30. The number of carbonyl (C=O) groups is 1. The normalized spacial score (nSPS) is 11.2. The van der Waals surface area contributed by atoms with E-state index in [-0.39, 0.29) is 12.5 Å². The number of para-hydroxylation sites is 1. The van der Waals surface area contributed by atoms with Gasteiger partial charge in [-0.15, -0.1) is 0 Å². The Balaban J connectivity index is 1.68. The Morgan fingerprint density at radius 1 is 1.38 bits per heavy atom. The van der Waals surface area contributed by atoms with E-state index >= 15 is 0 Å². The second-order valence-corrected chi connectivity index (χ2v) is 6.90. The number of ether oxygens (including phenoxy) is 1. The molecule has 8 heteroatoms. The van der Waals surface area contributed by atoms with Gasteiger partial charge in [-0.1, -0.05) is 30.7 Å². The lowest BCUT2D eigenvalue weighted by atomic mass is 10.2. The molecule has 1 amide bonds. The maximum absolute atomic E-state index is 12.3. The molecule has 0 spiro atoms. The lowest BCUT2D eigenvalue weighted by Crippen LogP contribution is -2.26. The predicted octanol–water partition coefficient (Wildman–Crippen LogP) is 4.44. The number of hydrogen-bond donors (Lipinski definition) is 1. The molecular weight excluding hydrogens is 392 g/mol. The minimum atomic E-state index is -0.206. The first-order valence-corrected chi connectivity index (χ1v) is 9.68. The summed E-state index contributed by atoms with van der Waals surface area (Å²) in [5, 5.41) is 7.52. The molecule has 29 heavy (non-hydrogen) atoms. The number of aromatic nitrogens is 2. The molecule has 1 aromatic carbocycles. The lowest BCUT2D eigenvalue weighted by Gasteiger charge is -2.09. The van der Waals surface area contributed by atoms with Crippen LogP contribution in [0.5, 0.6) is 5.75 Å². The van der Waals surface area contributed by atoms with Crippen LogP contribution < -0.4 is 10.1 Å². The Morgan fingerprint density at radius 2 is 2.21 bits per heavy atom. The summed E-state index contributed by atoms with van der Waals surface area (Å²) in [5.74, 6) is 1.61. The molecule has 0 aliphatic rings. The molecule has 0 unspecified atom stereocenters. The molecule has 0 radical (unpaired) electrons. The highest BCUT2D eigenvalue weighted by atomic mass is 35.5. The quantitative estimate of drug-likeness (QED) is 0.552. The number of aryl methyl sites for hydroxylation is 2. The minimum Gasteiger partial charge on any atom is -0.484 e. The second-order valence-electron chi connectivity index (χ2n) is 6.49. The topological polar surface area (TPSA) is 81.7 Å². The van der Waals surface area contributed by atoms with E-state index in [0.717, 1.165) is 12.0 Å². The monoisotopic (exact) mass is 414 g/mol. The number of nitrogens with zero attached hydrogens (tertiary/aromatic N) is 3. The van der Waals surface area contributed by atoms with Gasteiger partial charge in [0.25, 0.3) is 5.91 Å². The number of benzene rings is 1. The largest absolute Gasteiger partial charge is 0.484 e. The molecule has 0 saturated carbocycles. The van der Waals surface area contributed by atoms with Crippen molar-refractivity contribution in [3.8, 4) is 5.75 Å². The Hall–Kier alpha value is -3.06. The number of aliphatic imine (C=N–C) groups is 1. The molecule has 0 saturated heterocycles. The van der Waals surface area contributed by atoms with Crippen LogP contribution in [0, 0.1) is 6.92 Å². The lowest BCUT2D eigenvalue weighted by molar-refractivity contribution is 0.0945. The van der Waals surface area contributed by atoms with Crippen LogP contribution in [0.1, 0.15) is 40.9 Å². The SMILES string of the molecule is CCCNC(=O)c1c(N=Cc2ccc(COc3c(C)cccc3Cl)o2)cnn1C. The third kappa shape index (κ3) is 5.06. The number of amides is 1. The van der Waals surface area contributed by atoms with Gasteiger partial charge < -0.3 is 14.5 Å².